The van der Waals surface area contributed by atoms with Crippen molar-refractivity contribution in [1.29, 1.82) is 0 Å². The van der Waals surface area contributed by atoms with Crippen molar-refractivity contribution in [2.75, 3.05) is 19.7 Å². The van der Waals surface area contributed by atoms with Crippen LogP contribution in [0.15, 0.2) is 41.4 Å². The molecule has 23 heavy (non-hydrogen) atoms. The molecule has 6 nitrogen and oxygen atoms in total. The Labute approximate surface area is 143 Å². The Morgan fingerprint density at radius 1 is 1.35 bits per heavy atom. The molecule has 1 fully saturated rings. The van der Waals surface area contributed by atoms with Crippen LogP contribution in [-0.4, -0.2) is 45.5 Å². The second kappa shape index (κ2) is 7.50. The zero-order valence-corrected chi connectivity index (χ0v) is 14.1. The number of nitrogens with zero attached hydrogens (tertiary/aromatic N) is 4. The van der Waals surface area contributed by atoms with E-state index < -0.39 is 0 Å². The van der Waals surface area contributed by atoms with Gasteiger partial charge in [0.15, 0.2) is 0 Å². The highest BCUT2D eigenvalue weighted by molar-refractivity contribution is 9.10. The molecule has 7 heteroatoms. The second-order valence-electron chi connectivity index (χ2n) is 5.50. The molecular weight excluding hydrogens is 360 g/mol. The van der Waals surface area contributed by atoms with Gasteiger partial charge in [-0.3, -0.25) is 9.78 Å². The summed E-state index contributed by atoms with van der Waals surface area (Å²) in [5.41, 5.74) is 0.630. The van der Waals surface area contributed by atoms with Crippen LogP contribution in [0.3, 0.4) is 0 Å². The highest BCUT2D eigenvalue weighted by Crippen LogP contribution is 2.19. The number of carbonyl (C=O) groups excluding carboxylic acids is 1. The van der Waals surface area contributed by atoms with Gasteiger partial charge in [0.2, 0.25) is 0 Å². The summed E-state index contributed by atoms with van der Waals surface area (Å²) in [5, 5.41) is 0. The minimum atomic E-state index is 0.0303. The Morgan fingerprint density at radius 3 is 2.91 bits per heavy atom. The van der Waals surface area contributed by atoms with Crippen LogP contribution in [0.25, 0.3) is 0 Å². The molecule has 2 aromatic rings. The molecule has 0 saturated carbocycles. The van der Waals surface area contributed by atoms with Crippen LogP contribution in [-0.2, 0) is 0 Å². The minimum absolute atomic E-state index is 0.0303. The van der Waals surface area contributed by atoms with Crippen molar-refractivity contribution < 1.29 is 9.53 Å². The summed E-state index contributed by atoms with van der Waals surface area (Å²) in [6, 6.07) is 3.94. The normalized spacial score (nSPS) is 17.8. The number of likely N-dealkylation sites (tertiary alicyclic amines) is 1. The van der Waals surface area contributed by atoms with Gasteiger partial charge >= 0.3 is 6.01 Å². The van der Waals surface area contributed by atoms with Gasteiger partial charge in [-0.05, 0) is 40.9 Å². The van der Waals surface area contributed by atoms with Crippen molar-refractivity contribution in [2.45, 2.75) is 12.8 Å². The fourth-order valence-corrected chi connectivity index (χ4v) is 2.83. The van der Waals surface area contributed by atoms with Crippen molar-refractivity contribution >= 4 is 21.8 Å². The molecule has 3 heterocycles. The van der Waals surface area contributed by atoms with Crippen molar-refractivity contribution in [3.63, 3.8) is 0 Å². The predicted molar refractivity (Wildman–Crippen MR) is 88.1 cm³/mol. The third-order valence-corrected chi connectivity index (χ3v) is 4.17. The van der Waals surface area contributed by atoms with Gasteiger partial charge in [-0.1, -0.05) is 0 Å². The maximum Gasteiger partial charge on any atom is 0.316 e. The highest BCUT2D eigenvalue weighted by atomic mass is 79.9. The largest absolute Gasteiger partial charge is 0.463 e. The number of aromatic nitrogens is 3. The molecule has 0 aromatic carbocycles. The summed E-state index contributed by atoms with van der Waals surface area (Å²) in [6.07, 6.45) is 8.59. The van der Waals surface area contributed by atoms with Gasteiger partial charge < -0.3 is 9.64 Å². The fraction of sp³-hybridized carbons (Fsp3) is 0.375. The van der Waals surface area contributed by atoms with E-state index in [0.717, 1.165) is 23.9 Å². The Morgan fingerprint density at radius 2 is 2.17 bits per heavy atom. The third-order valence-electron chi connectivity index (χ3n) is 3.76. The first kappa shape index (κ1) is 15.9. The molecule has 1 aliphatic rings. The number of ether oxygens (including phenoxy) is 1. The quantitative estimate of drug-likeness (QED) is 0.819. The molecule has 3 rings (SSSR count). The van der Waals surface area contributed by atoms with Gasteiger partial charge in [-0.2, -0.15) is 0 Å². The molecule has 0 aliphatic carbocycles. The predicted octanol–water partition coefficient (Wildman–Crippen LogP) is 2.57. The number of piperidine rings is 1. The molecule has 1 amide bonds. The van der Waals surface area contributed by atoms with Gasteiger partial charge in [0.25, 0.3) is 5.91 Å². The molecule has 2 aromatic heterocycles. The minimum Gasteiger partial charge on any atom is -0.463 e. The Hall–Kier alpha value is -2.02. The molecule has 0 bridgehead atoms. The molecule has 0 N–H and O–H groups in total. The van der Waals surface area contributed by atoms with Crippen molar-refractivity contribution in [1.82, 2.24) is 19.9 Å². The van der Waals surface area contributed by atoms with E-state index in [1.165, 1.54) is 0 Å². The third kappa shape index (κ3) is 4.25. The molecule has 0 spiro atoms. The first-order valence-electron chi connectivity index (χ1n) is 7.52. The maximum absolute atomic E-state index is 12.5. The average molecular weight is 377 g/mol. The van der Waals surface area contributed by atoms with E-state index in [1.54, 1.807) is 36.9 Å². The van der Waals surface area contributed by atoms with Crippen LogP contribution >= 0.6 is 15.9 Å². The Kier molecular flexibility index (Phi) is 5.17. The Balaban J connectivity index is 1.56. The van der Waals surface area contributed by atoms with Crippen LogP contribution in [0.5, 0.6) is 6.01 Å². The summed E-state index contributed by atoms with van der Waals surface area (Å²) in [4.78, 5) is 26.5. The van der Waals surface area contributed by atoms with Gasteiger partial charge in [0, 0.05) is 43.8 Å². The van der Waals surface area contributed by atoms with Crippen LogP contribution < -0.4 is 4.74 Å². The molecule has 1 atom stereocenters. The number of rotatable bonds is 4. The standard InChI is InChI=1S/C16H17BrN4O2/c17-14-8-19-16(20-9-14)23-11-12-3-2-6-21(10-12)15(22)13-4-1-5-18-7-13/h1,4-5,7-9,12H,2-3,6,10-11H2. The van der Waals surface area contributed by atoms with Crippen LogP contribution in [0.2, 0.25) is 0 Å². The van der Waals surface area contributed by atoms with Crippen LogP contribution in [0, 0.1) is 5.92 Å². The van der Waals surface area contributed by atoms with E-state index in [0.29, 0.717) is 24.7 Å². The monoisotopic (exact) mass is 376 g/mol. The number of amides is 1. The topological polar surface area (TPSA) is 68.2 Å². The summed E-state index contributed by atoms with van der Waals surface area (Å²) < 4.78 is 6.46. The lowest BCUT2D eigenvalue weighted by Crippen LogP contribution is -2.41. The molecule has 1 aliphatic heterocycles. The van der Waals surface area contributed by atoms with E-state index in [-0.39, 0.29) is 11.8 Å². The maximum atomic E-state index is 12.5. The summed E-state index contributed by atoms with van der Waals surface area (Å²) in [7, 11) is 0. The first-order valence-corrected chi connectivity index (χ1v) is 8.31. The van der Waals surface area contributed by atoms with Gasteiger partial charge in [0.05, 0.1) is 16.6 Å². The second-order valence-corrected chi connectivity index (χ2v) is 6.41. The molecular formula is C16H17BrN4O2. The van der Waals surface area contributed by atoms with E-state index in [2.05, 4.69) is 30.9 Å². The zero-order chi connectivity index (χ0) is 16.1. The number of hydrogen-bond donors (Lipinski definition) is 0. The smallest absolute Gasteiger partial charge is 0.316 e. The van der Waals surface area contributed by atoms with Crippen LogP contribution in [0.1, 0.15) is 23.2 Å². The van der Waals surface area contributed by atoms with Gasteiger partial charge in [-0.25, -0.2) is 9.97 Å². The lowest BCUT2D eigenvalue weighted by molar-refractivity contribution is 0.0628. The molecule has 0 radical (unpaired) electrons. The molecule has 120 valence electrons. The van der Waals surface area contributed by atoms with E-state index in [4.69, 9.17) is 4.74 Å². The van der Waals surface area contributed by atoms with Crippen molar-refractivity contribution in [3.05, 3.63) is 47.0 Å². The SMILES string of the molecule is O=C(c1cccnc1)N1CCCC(COc2ncc(Br)cn2)C1. The van der Waals surface area contributed by atoms with Gasteiger partial charge in [-0.15, -0.1) is 0 Å². The highest BCUT2D eigenvalue weighted by Gasteiger charge is 2.25. The van der Waals surface area contributed by atoms with Crippen molar-refractivity contribution in [2.24, 2.45) is 5.92 Å². The number of hydrogen-bond acceptors (Lipinski definition) is 5. The summed E-state index contributed by atoms with van der Waals surface area (Å²) >= 11 is 3.29. The number of pyridine rings is 1. The van der Waals surface area contributed by atoms with Gasteiger partial charge in [0.1, 0.15) is 0 Å². The fourth-order valence-electron chi connectivity index (χ4n) is 2.62. The average Bonchev–Trinajstić information content (AvgIpc) is 2.61. The number of halogens is 1. The van der Waals surface area contributed by atoms with Crippen molar-refractivity contribution in [3.8, 4) is 6.01 Å². The van der Waals surface area contributed by atoms with Crippen LogP contribution in [0.4, 0.5) is 0 Å². The lowest BCUT2D eigenvalue weighted by Gasteiger charge is -2.32. The lowest BCUT2D eigenvalue weighted by atomic mass is 9.98. The van der Waals surface area contributed by atoms with E-state index in [1.807, 2.05) is 4.90 Å². The molecule has 1 saturated heterocycles. The Bertz CT molecular complexity index is 651. The number of carbonyl (C=O) groups is 1. The first-order chi connectivity index (χ1) is 11.2. The molecule has 1 unspecified atom stereocenters. The zero-order valence-electron chi connectivity index (χ0n) is 12.6. The van der Waals surface area contributed by atoms with E-state index >= 15 is 0 Å². The van der Waals surface area contributed by atoms with E-state index in [9.17, 15) is 4.79 Å². The summed E-state index contributed by atoms with van der Waals surface area (Å²) in [5.74, 6) is 0.319. The summed E-state index contributed by atoms with van der Waals surface area (Å²) in [6.45, 7) is 1.97.